The zero-order valence-electron chi connectivity index (χ0n) is 10.4. The molecule has 0 radical (unpaired) electrons. The predicted molar refractivity (Wildman–Crippen MR) is 71.9 cm³/mol. The van der Waals surface area contributed by atoms with Crippen LogP contribution in [0.25, 0.3) is 0 Å². The molecule has 0 amide bonds. The lowest BCUT2D eigenvalue weighted by molar-refractivity contribution is 0.278. The van der Waals surface area contributed by atoms with Crippen molar-refractivity contribution in [1.82, 2.24) is 4.31 Å². The molecule has 19 heavy (non-hydrogen) atoms. The molecule has 106 valence electrons. The van der Waals surface area contributed by atoms with E-state index in [1.54, 1.807) is 0 Å². The van der Waals surface area contributed by atoms with Crippen LogP contribution in [-0.2, 0) is 10.0 Å². The Morgan fingerprint density at radius 2 is 2.00 bits per heavy atom. The summed E-state index contributed by atoms with van der Waals surface area (Å²) in [5, 5.41) is 0.0438. The van der Waals surface area contributed by atoms with E-state index < -0.39 is 15.8 Å². The van der Waals surface area contributed by atoms with Crippen molar-refractivity contribution in [2.45, 2.75) is 17.7 Å². The van der Waals surface area contributed by atoms with E-state index in [4.69, 9.17) is 17.3 Å². The van der Waals surface area contributed by atoms with Crippen molar-refractivity contribution in [1.29, 1.82) is 0 Å². The number of sulfonamides is 1. The second-order valence-electron chi connectivity index (χ2n) is 4.66. The van der Waals surface area contributed by atoms with Crippen LogP contribution >= 0.6 is 11.6 Å². The summed E-state index contributed by atoms with van der Waals surface area (Å²) in [5.41, 5.74) is 5.57. The van der Waals surface area contributed by atoms with Gasteiger partial charge < -0.3 is 5.73 Å². The number of piperidine rings is 1. The summed E-state index contributed by atoms with van der Waals surface area (Å²) >= 11 is 5.86. The predicted octanol–water partition coefficient (Wildman–Crippen LogP) is 1.84. The molecule has 4 nitrogen and oxygen atoms in total. The van der Waals surface area contributed by atoms with Gasteiger partial charge in [-0.15, -0.1) is 0 Å². The molecule has 0 aromatic heterocycles. The summed E-state index contributed by atoms with van der Waals surface area (Å²) in [6, 6.07) is 3.37. The summed E-state index contributed by atoms with van der Waals surface area (Å²) in [6.45, 7) is 1.36. The molecular formula is C12H16ClFN2O2S. The largest absolute Gasteiger partial charge is 0.330 e. The number of nitrogens with two attached hydrogens (primary N) is 1. The standard InChI is InChI=1S/C12H16ClFN2O2S/c13-11-2-1-10(14)7-12(11)19(17,18)16-5-3-9(8-15)4-6-16/h1-2,7,9H,3-6,8,15H2. The van der Waals surface area contributed by atoms with Gasteiger partial charge in [-0.1, -0.05) is 11.6 Å². The fourth-order valence-corrected chi connectivity index (χ4v) is 4.16. The van der Waals surface area contributed by atoms with Crippen LogP contribution in [0.4, 0.5) is 4.39 Å². The lowest BCUT2D eigenvalue weighted by Crippen LogP contribution is -2.40. The molecule has 1 aliphatic heterocycles. The first-order chi connectivity index (χ1) is 8.95. The summed E-state index contributed by atoms with van der Waals surface area (Å²) in [7, 11) is -3.73. The Morgan fingerprint density at radius 1 is 1.37 bits per heavy atom. The van der Waals surface area contributed by atoms with Crippen molar-refractivity contribution in [3.8, 4) is 0 Å². The maximum absolute atomic E-state index is 13.2. The Balaban J connectivity index is 2.26. The SMILES string of the molecule is NCC1CCN(S(=O)(=O)c2cc(F)ccc2Cl)CC1. The van der Waals surface area contributed by atoms with Crippen LogP contribution < -0.4 is 5.73 Å². The van der Waals surface area contributed by atoms with Gasteiger partial charge in [0.2, 0.25) is 10.0 Å². The molecule has 0 bridgehead atoms. The quantitative estimate of drug-likeness (QED) is 0.927. The van der Waals surface area contributed by atoms with Crippen LogP contribution in [0.2, 0.25) is 5.02 Å². The van der Waals surface area contributed by atoms with E-state index in [0.29, 0.717) is 25.6 Å². The van der Waals surface area contributed by atoms with Gasteiger partial charge in [0.15, 0.2) is 0 Å². The van der Waals surface area contributed by atoms with Crippen molar-refractivity contribution in [2.75, 3.05) is 19.6 Å². The van der Waals surface area contributed by atoms with E-state index in [2.05, 4.69) is 0 Å². The average molecular weight is 307 g/mol. The summed E-state index contributed by atoms with van der Waals surface area (Å²) in [6.07, 6.45) is 1.45. The fraction of sp³-hybridized carbons (Fsp3) is 0.500. The number of halogens is 2. The Labute approximate surface area is 117 Å². The molecule has 1 aliphatic rings. The van der Waals surface area contributed by atoms with Crippen LogP contribution in [0.5, 0.6) is 0 Å². The molecule has 0 aliphatic carbocycles. The highest BCUT2D eigenvalue weighted by atomic mass is 35.5. The third kappa shape index (κ3) is 3.08. The molecule has 1 saturated heterocycles. The second kappa shape index (κ2) is 5.75. The van der Waals surface area contributed by atoms with Crippen LogP contribution in [0, 0.1) is 11.7 Å². The Bertz CT molecular complexity index is 557. The minimum Gasteiger partial charge on any atom is -0.330 e. The molecule has 0 atom stereocenters. The zero-order valence-corrected chi connectivity index (χ0v) is 11.9. The first-order valence-electron chi connectivity index (χ1n) is 6.10. The first kappa shape index (κ1) is 14.7. The molecule has 0 unspecified atom stereocenters. The van der Waals surface area contributed by atoms with Crippen molar-refractivity contribution in [3.05, 3.63) is 29.0 Å². The molecule has 2 N–H and O–H groups in total. The number of hydrogen-bond acceptors (Lipinski definition) is 3. The van der Waals surface area contributed by atoms with Crippen LogP contribution in [0.1, 0.15) is 12.8 Å². The van der Waals surface area contributed by atoms with Gasteiger partial charge in [-0.25, -0.2) is 12.8 Å². The van der Waals surface area contributed by atoms with E-state index in [1.165, 1.54) is 10.4 Å². The van der Waals surface area contributed by atoms with Gasteiger partial charge in [0.1, 0.15) is 10.7 Å². The van der Waals surface area contributed by atoms with Crippen LogP contribution in [-0.4, -0.2) is 32.4 Å². The number of nitrogens with zero attached hydrogens (tertiary/aromatic N) is 1. The molecule has 1 aromatic carbocycles. The van der Waals surface area contributed by atoms with Gasteiger partial charge in [0, 0.05) is 13.1 Å². The number of rotatable bonds is 3. The summed E-state index contributed by atoms with van der Waals surface area (Å²) < 4.78 is 39.3. The van der Waals surface area contributed by atoms with E-state index in [-0.39, 0.29) is 9.92 Å². The minimum atomic E-state index is -3.73. The van der Waals surface area contributed by atoms with Crippen LogP contribution in [0.3, 0.4) is 0 Å². The van der Waals surface area contributed by atoms with Crippen molar-refractivity contribution < 1.29 is 12.8 Å². The number of hydrogen-bond donors (Lipinski definition) is 1. The van der Waals surface area contributed by atoms with E-state index >= 15 is 0 Å². The van der Waals surface area contributed by atoms with Gasteiger partial charge in [0.25, 0.3) is 0 Å². The maximum atomic E-state index is 13.2. The summed E-state index contributed by atoms with van der Waals surface area (Å²) in [4.78, 5) is -0.166. The highest BCUT2D eigenvalue weighted by Gasteiger charge is 2.30. The fourth-order valence-electron chi connectivity index (χ4n) is 2.20. The molecule has 1 aromatic rings. The molecule has 0 spiro atoms. The smallest absolute Gasteiger partial charge is 0.244 e. The average Bonchev–Trinajstić information content (AvgIpc) is 2.41. The van der Waals surface area contributed by atoms with E-state index in [0.717, 1.165) is 25.0 Å². The molecule has 0 saturated carbocycles. The Morgan fingerprint density at radius 3 is 2.58 bits per heavy atom. The molecule has 1 fully saturated rings. The topological polar surface area (TPSA) is 63.4 Å². The van der Waals surface area contributed by atoms with E-state index in [9.17, 15) is 12.8 Å². The third-order valence-electron chi connectivity index (χ3n) is 3.42. The lowest BCUT2D eigenvalue weighted by Gasteiger charge is -2.30. The van der Waals surface area contributed by atoms with Crippen molar-refractivity contribution in [2.24, 2.45) is 11.7 Å². The van der Waals surface area contributed by atoms with Gasteiger partial charge in [-0.2, -0.15) is 4.31 Å². The second-order valence-corrected chi connectivity index (χ2v) is 6.97. The zero-order chi connectivity index (χ0) is 14.0. The van der Waals surface area contributed by atoms with E-state index in [1.807, 2.05) is 0 Å². The van der Waals surface area contributed by atoms with Crippen molar-refractivity contribution >= 4 is 21.6 Å². The first-order valence-corrected chi connectivity index (χ1v) is 7.92. The highest BCUT2D eigenvalue weighted by molar-refractivity contribution is 7.89. The lowest BCUT2D eigenvalue weighted by atomic mass is 9.99. The molecular weight excluding hydrogens is 291 g/mol. The summed E-state index contributed by atoms with van der Waals surface area (Å²) in [5.74, 6) is -0.255. The normalized spacial score (nSPS) is 18.7. The molecule has 2 rings (SSSR count). The van der Waals surface area contributed by atoms with Crippen LogP contribution in [0.15, 0.2) is 23.1 Å². The maximum Gasteiger partial charge on any atom is 0.244 e. The molecule has 1 heterocycles. The third-order valence-corrected chi connectivity index (χ3v) is 5.80. The molecule has 7 heteroatoms. The van der Waals surface area contributed by atoms with Gasteiger partial charge >= 0.3 is 0 Å². The van der Waals surface area contributed by atoms with Crippen molar-refractivity contribution in [3.63, 3.8) is 0 Å². The monoisotopic (exact) mass is 306 g/mol. The Kier molecular flexibility index (Phi) is 4.45. The number of benzene rings is 1. The van der Waals surface area contributed by atoms with Gasteiger partial charge in [0.05, 0.1) is 5.02 Å². The van der Waals surface area contributed by atoms with Gasteiger partial charge in [-0.05, 0) is 43.5 Å². The Hall–Kier alpha value is -0.690. The highest BCUT2D eigenvalue weighted by Crippen LogP contribution is 2.28. The van der Waals surface area contributed by atoms with Gasteiger partial charge in [-0.3, -0.25) is 0 Å². The minimum absolute atomic E-state index is 0.0438.